The zero-order chi connectivity index (χ0) is 9.68. The number of hydrogen-bond donors (Lipinski definition) is 1. The predicted molar refractivity (Wildman–Crippen MR) is 54.0 cm³/mol. The van der Waals surface area contributed by atoms with Crippen LogP contribution in [0.2, 0.25) is 0 Å². The minimum absolute atomic E-state index is 0.0794. The lowest BCUT2D eigenvalue weighted by molar-refractivity contribution is -0.119. The maximum absolute atomic E-state index is 10.8. The van der Waals surface area contributed by atoms with Crippen LogP contribution in [0.4, 0.5) is 0 Å². The first-order chi connectivity index (χ1) is 6.22. The molecule has 1 heterocycles. The van der Waals surface area contributed by atoms with Gasteiger partial charge in [-0.05, 0) is 12.8 Å². The van der Waals surface area contributed by atoms with Gasteiger partial charge in [0.05, 0.1) is 0 Å². The average molecular weight is 205 g/mol. The van der Waals surface area contributed by atoms with Gasteiger partial charge in [0.1, 0.15) is 0 Å². The summed E-state index contributed by atoms with van der Waals surface area (Å²) in [7, 11) is 0. The molecule has 0 aromatic heterocycles. The summed E-state index contributed by atoms with van der Waals surface area (Å²) in [6.45, 7) is 4.65. The van der Waals surface area contributed by atoms with E-state index in [4.69, 9.17) is 11.6 Å². The number of likely N-dealkylation sites (tertiary alicyclic amines) is 1. The molecule has 1 N–H and O–H groups in total. The number of carbonyl (C=O) groups excluding carboxylic acids is 1. The number of nitrogens with one attached hydrogen (secondary N) is 1. The van der Waals surface area contributed by atoms with E-state index in [9.17, 15) is 4.79 Å². The van der Waals surface area contributed by atoms with Gasteiger partial charge in [-0.2, -0.15) is 0 Å². The summed E-state index contributed by atoms with van der Waals surface area (Å²) < 4.78 is 0. The van der Waals surface area contributed by atoms with Crippen LogP contribution in [0.5, 0.6) is 0 Å². The first-order valence-corrected chi connectivity index (χ1v) is 5.31. The number of nitrogens with zero attached hydrogens (tertiary/aromatic N) is 1. The summed E-state index contributed by atoms with van der Waals surface area (Å²) in [5.41, 5.74) is 0. The fourth-order valence-electron chi connectivity index (χ4n) is 1.71. The number of amides is 1. The Hall–Kier alpha value is -0.280. The van der Waals surface area contributed by atoms with Crippen molar-refractivity contribution in [2.45, 2.75) is 25.8 Å². The van der Waals surface area contributed by atoms with Crippen LogP contribution in [0, 0.1) is 0 Å². The lowest BCUT2D eigenvalue weighted by Gasteiger charge is -2.31. The maximum Gasteiger partial charge on any atom is 0.217 e. The van der Waals surface area contributed by atoms with Crippen molar-refractivity contribution in [2.24, 2.45) is 0 Å². The van der Waals surface area contributed by atoms with E-state index in [-0.39, 0.29) is 5.91 Å². The van der Waals surface area contributed by atoms with E-state index in [1.807, 2.05) is 0 Å². The average Bonchev–Trinajstić information content (AvgIpc) is 2.08. The number of rotatable bonds is 3. The molecule has 0 radical (unpaired) electrons. The zero-order valence-corrected chi connectivity index (χ0v) is 8.81. The lowest BCUT2D eigenvalue weighted by atomic mass is 10.1. The van der Waals surface area contributed by atoms with Crippen molar-refractivity contribution in [2.75, 3.05) is 25.5 Å². The van der Waals surface area contributed by atoms with Crippen molar-refractivity contribution < 1.29 is 4.79 Å². The standard InChI is InChI=1S/C9H17ClN2O/c1-8(13)11-9-2-5-12(6-3-9)7-4-10/h9H,2-7H2,1H3,(H,11,13). The monoisotopic (exact) mass is 204 g/mol. The van der Waals surface area contributed by atoms with Gasteiger partial charge in [0.15, 0.2) is 0 Å². The summed E-state index contributed by atoms with van der Waals surface area (Å²) in [6, 6.07) is 0.379. The first-order valence-electron chi connectivity index (χ1n) is 4.78. The molecule has 13 heavy (non-hydrogen) atoms. The molecule has 0 spiro atoms. The molecule has 1 aliphatic heterocycles. The predicted octanol–water partition coefficient (Wildman–Crippen LogP) is 0.826. The fourth-order valence-corrected chi connectivity index (χ4v) is 1.95. The number of piperidine rings is 1. The summed E-state index contributed by atoms with van der Waals surface area (Å²) in [4.78, 5) is 13.1. The number of carbonyl (C=O) groups is 1. The largest absolute Gasteiger partial charge is 0.354 e. The first kappa shape index (κ1) is 10.8. The third-order valence-corrected chi connectivity index (χ3v) is 2.56. The van der Waals surface area contributed by atoms with Gasteiger partial charge >= 0.3 is 0 Å². The normalized spacial score (nSPS) is 20.2. The molecule has 0 unspecified atom stereocenters. The van der Waals surface area contributed by atoms with Crippen LogP contribution in [-0.2, 0) is 4.79 Å². The van der Waals surface area contributed by atoms with Crippen LogP contribution in [0.1, 0.15) is 19.8 Å². The molecule has 1 fully saturated rings. The van der Waals surface area contributed by atoms with Crippen molar-refractivity contribution in [1.29, 1.82) is 0 Å². The second kappa shape index (κ2) is 5.45. The Kier molecular flexibility index (Phi) is 4.53. The fraction of sp³-hybridized carbons (Fsp3) is 0.889. The summed E-state index contributed by atoms with van der Waals surface area (Å²) >= 11 is 5.64. The van der Waals surface area contributed by atoms with Crippen LogP contribution < -0.4 is 5.32 Å². The highest BCUT2D eigenvalue weighted by Gasteiger charge is 2.18. The van der Waals surface area contributed by atoms with Crippen LogP contribution in [0.25, 0.3) is 0 Å². The van der Waals surface area contributed by atoms with Gasteiger partial charge in [0.2, 0.25) is 5.91 Å². The van der Waals surface area contributed by atoms with E-state index in [0.29, 0.717) is 11.9 Å². The van der Waals surface area contributed by atoms with Gasteiger partial charge < -0.3 is 10.2 Å². The van der Waals surface area contributed by atoms with Crippen LogP contribution in [0.15, 0.2) is 0 Å². The van der Waals surface area contributed by atoms with Gasteiger partial charge in [-0.15, -0.1) is 11.6 Å². The second-order valence-electron chi connectivity index (χ2n) is 3.51. The Balaban J connectivity index is 2.18. The molecule has 3 nitrogen and oxygen atoms in total. The topological polar surface area (TPSA) is 32.3 Å². The van der Waals surface area contributed by atoms with Crippen LogP contribution in [-0.4, -0.2) is 42.4 Å². The van der Waals surface area contributed by atoms with Crippen molar-refractivity contribution in [3.63, 3.8) is 0 Å². The highest BCUT2D eigenvalue weighted by molar-refractivity contribution is 6.18. The van der Waals surface area contributed by atoms with E-state index >= 15 is 0 Å². The minimum Gasteiger partial charge on any atom is -0.354 e. The quantitative estimate of drug-likeness (QED) is 0.691. The molecular formula is C9H17ClN2O. The molecule has 0 bridgehead atoms. The summed E-state index contributed by atoms with van der Waals surface area (Å²) in [6.07, 6.45) is 2.10. The van der Waals surface area contributed by atoms with Crippen molar-refractivity contribution in [3.05, 3.63) is 0 Å². The van der Waals surface area contributed by atoms with E-state index in [1.54, 1.807) is 6.92 Å². The van der Waals surface area contributed by atoms with Gasteiger partial charge in [-0.25, -0.2) is 0 Å². The van der Waals surface area contributed by atoms with Crippen LogP contribution in [0.3, 0.4) is 0 Å². The number of hydrogen-bond acceptors (Lipinski definition) is 2. The lowest BCUT2D eigenvalue weighted by Crippen LogP contribution is -2.44. The highest BCUT2D eigenvalue weighted by atomic mass is 35.5. The molecular weight excluding hydrogens is 188 g/mol. The third kappa shape index (κ3) is 3.96. The summed E-state index contributed by atoms with van der Waals surface area (Å²) in [5, 5.41) is 2.95. The molecule has 1 amide bonds. The van der Waals surface area contributed by atoms with E-state index in [0.717, 1.165) is 32.5 Å². The van der Waals surface area contributed by atoms with Gasteiger partial charge in [0, 0.05) is 38.5 Å². The Morgan fingerprint density at radius 2 is 2.15 bits per heavy atom. The molecule has 0 saturated carbocycles. The van der Waals surface area contributed by atoms with Gasteiger partial charge in [-0.3, -0.25) is 4.79 Å². The smallest absolute Gasteiger partial charge is 0.217 e. The Labute approximate surface area is 84.4 Å². The Morgan fingerprint density at radius 3 is 2.62 bits per heavy atom. The zero-order valence-electron chi connectivity index (χ0n) is 8.05. The summed E-state index contributed by atoms with van der Waals surface area (Å²) in [5.74, 6) is 0.779. The second-order valence-corrected chi connectivity index (χ2v) is 3.88. The molecule has 1 rings (SSSR count). The number of alkyl halides is 1. The van der Waals surface area contributed by atoms with Crippen molar-refractivity contribution >= 4 is 17.5 Å². The van der Waals surface area contributed by atoms with E-state index in [1.165, 1.54) is 0 Å². The minimum atomic E-state index is 0.0794. The molecule has 0 aromatic carbocycles. The molecule has 1 aliphatic rings. The third-order valence-electron chi connectivity index (χ3n) is 2.40. The van der Waals surface area contributed by atoms with Gasteiger partial charge in [-0.1, -0.05) is 0 Å². The van der Waals surface area contributed by atoms with E-state index in [2.05, 4.69) is 10.2 Å². The van der Waals surface area contributed by atoms with E-state index < -0.39 is 0 Å². The molecule has 0 aromatic rings. The van der Waals surface area contributed by atoms with Crippen molar-refractivity contribution in [1.82, 2.24) is 10.2 Å². The molecule has 0 atom stereocenters. The maximum atomic E-state index is 10.8. The molecule has 0 aliphatic carbocycles. The van der Waals surface area contributed by atoms with Gasteiger partial charge in [0.25, 0.3) is 0 Å². The Morgan fingerprint density at radius 1 is 1.54 bits per heavy atom. The van der Waals surface area contributed by atoms with Crippen molar-refractivity contribution in [3.8, 4) is 0 Å². The highest BCUT2D eigenvalue weighted by Crippen LogP contribution is 2.09. The molecule has 1 saturated heterocycles. The van der Waals surface area contributed by atoms with Crippen LogP contribution >= 0.6 is 11.6 Å². The Bertz CT molecular complexity index is 167. The number of halogens is 1. The molecule has 4 heteroatoms. The SMILES string of the molecule is CC(=O)NC1CCN(CCCl)CC1. The molecule has 76 valence electrons.